The minimum Gasteiger partial charge on any atom is -0.478 e. The number of aromatic carboxylic acids is 1. The molecule has 1 aromatic heterocycles. The van der Waals surface area contributed by atoms with E-state index in [0.29, 0.717) is 24.4 Å². The molecule has 1 N–H and O–H groups in total. The van der Waals surface area contributed by atoms with E-state index < -0.39 is 5.97 Å². The minimum absolute atomic E-state index is 0.123. The molecule has 1 heterocycles. The van der Waals surface area contributed by atoms with Crippen LogP contribution in [0.15, 0.2) is 53.3 Å². The van der Waals surface area contributed by atoms with Crippen molar-refractivity contribution in [2.45, 2.75) is 64.8 Å². The molecule has 0 spiro atoms. The topological polar surface area (TPSA) is 94.2 Å². The summed E-state index contributed by atoms with van der Waals surface area (Å²) in [5, 5.41) is 13.9. The van der Waals surface area contributed by atoms with Gasteiger partial charge in [-0.05, 0) is 42.0 Å². The highest BCUT2D eigenvalue weighted by Crippen LogP contribution is 2.26. The summed E-state index contributed by atoms with van der Waals surface area (Å²) in [5.74, 6) is -0.637. The van der Waals surface area contributed by atoms with Crippen molar-refractivity contribution in [3.8, 4) is 11.1 Å². The molecule has 4 rings (SSSR count). The number of carboxylic acid groups (broad SMARTS) is 1. The van der Waals surface area contributed by atoms with Gasteiger partial charge in [0.2, 0.25) is 0 Å². The monoisotopic (exact) mass is 461 g/mol. The Kier molecular flexibility index (Phi) is 7.40. The lowest BCUT2D eigenvalue weighted by Gasteiger charge is -2.19. The number of carbonyl (C=O) groups excluding carboxylic acids is 1. The fourth-order valence-corrected chi connectivity index (χ4v) is 4.68. The Balaban J connectivity index is 1.61. The van der Waals surface area contributed by atoms with Crippen molar-refractivity contribution in [1.29, 1.82) is 0 Å². The fraction of sp³-hybridized carbons (Fsp3) is 0.407. The molecule has 1 saturated carbocycles. The standard InChI is InChI=1S/C27H31N3O4/c1-2-3-13-24-28-30(25(31)21-9-5-4-6-10-21)27(34)29(24)18-19-14-16-20(17-15-19)22-11-7-8-12-23(22)26(32)33/h7-8,11-12,14-17,21H,2-6,9-10,13,18H2,1H3,(H,32,33). The smallest absolute Gasteiger partial charge is 0.353 e. The SMILES string of the molecule is CCCCc1nn(C(=O)C2CCCCC2)c(=O)n1Cc1ccc(-c2ccccc2C(=O)O)cc1. The summed E-state index contributed by atoms with van der Waals surface area (Å²) in [7, 11) is 0. The summed E-state index contributed by atoms with van der Waals surface area (Å²) in [4.78, 5) is 37.8. The van der Waals surface area contributed by atoms with Gasteiger partial charge in [0, 0.05) is 12.3 Å². The van der Waals surface area contributed by atoms with Gasteiger partial charge in [-0.2, -0.15) is 0 Å². The average Bonchev–Trinajstić information content (AvgIpc) is 3.18. The third kappa shape index (κ3) is 5.03. The summed E-state index contributed by atoms with van der Waals surface area (Å²) in [6, 6.07) is 14.4. The maximum atomic E-state index is 13.2. The Morgan fingerprint density at radius 2 is 1.74 bits per heavy atom. The zero-order valence-corrected chi connectivity index (χ0v) is 19.6. The largest absolute Gasteiger partial charge is 0.478 e. The minimum atomic E-state index is -0.971. The number of carboxylic acids is 1. The van der Waals surface area contributed by atoms with Crippen molar-refractivity contribution in [3.63, 3.8) is 0 Å². The second kappa shape index (κ2) is 10.6. The molecule has 1 aliphatic rings. The van der Waals surface area contributed by atoms with Crippen molar-refractivity contribution in [2.75, 3.05) is 0 Å². The lowest BCUT2D eigenvalue weighted by Crippen LogP contribution is -2.35. The summed E-state index contributed by atoms with van der Waals surface area (Å²) in [6.07, 6.45) is 7.32. The van der Waals surface area contributed by atoms with Gasteiger partial charge in [0.1, 0.15) is 5.82 Å². The molecule has 0 unspecified atom stereocenters. The van der Waals surface area contributed by atoms with Gasteiger partial charge in [-0.15, -0.1) is 9.78 Å². The number of aromatic nitrogens is 3. The molecule has 7 heteroatoms. The molecule has 178 valence electrons. The number of unbranched alkanes of at least 4 members (excludes halogenated alkanes) is 1. The van der Waals surface area contributed by atoms with Gasteiger partial charge in [-0.1, -0.05) is 75.1 Å². The average molecular weight is 462 g/mol. The molecule has 0 radical (unpaired) electrons. The number of hydrogen-bond donors (Lipinski definition) is 1. The zero-order chi connectivity index (χ0) is 24.1. The fourth-order valence-electron chi connectivity index (χ4n) is 4.68. The van der Waals surface area contributed by atoms with E-state index in [2.05, 4.69) is 12.0 Å². The number of hydrogen-bond acceptors (Lipinski definition) is 4. The van der Waals surface area contributed by atoms with Gasteiger partial charge in [0.25, 0.3) is 5.91 Å². The summed E-state index contributed by atoms with van der Waals surface area (Å²) in [6.45, 7) is 2.40. The van der Waals surface area contributed by atoms with Gasteiger partial charge in [0.15, 0.2) is 0 Å². The molecule has 0 saturated heterocycles. The summed E-state index contributed by atoms with van der Waals surface area (Å²) >= 11 is 0. The first-order valence-electron chi connectivity index (χ1n) is 12.1. The van der Waals surface area contributed by atoms with Crippen LogP contribution < -0.4 is 5.69 Å². The number of benzene rings is 2. The highest BCUT2D eigenvalue weighted by molar-refractivity contribution is 5.96. The van der Waals surface area contributed by atoms with Crippen molar-refractivity contribution in [1.82, 2.24) is 14.3 Å². The Morgan fingerprint density at radius 3 is 2.41 bits per heavy atom. The maximum absolute atomic E-state index is 13.2. The van der Waals surface area contributed by atoms with Crippen LogP contribution in [0, 0.1) is 5.92 Å². The highest BCUT2D eigenvalue weighted by Gasteiger charge is 2.27. The zero-order valence-electron chi connectivity index (χ0n) is 19.6. The van der Waals surface area contributed by atoms with Crippen LogP contribution in [0.4, 0.5) is 0 Å². The molecular weight excluding hydrogens is 430 g/mol. The first-order chi connectivity index (χ1) is 16.5. The van der Waals surface area contributed by atoms with Crippen LogP contribution in [0.3, 0.4) is 0 Å². The summed E-state index contributed by atoms with van der Waals surface area (Å²) < 4.78 is 2.70. The second-order valence-electron chi connectivity index (χ2n) is 9.02. The molecule has 0 bridgehead atoms. The van der Waals surface area contributed by atoms with Crippen LogP contribution in [0.25, 0.3) is 11.1 Å². The van der Waals surface area contributed by atoms with E-state index in [1.54, 1.807) is 22.8 Å². The van der Waals surface area contributed by atoms with Crippen LogP contribution in [-0.4, -0.2) is 31.3 Å². The van der Waals surface area contributed by atoms with E-state index >= 15 is 0 Å². The van der Waals surface area contributed by atoms with Crippen molar-refractivity contribution in [2.24, 2.45) is 5.92 Å². The molecule has 2 aromatic carbocycles. The lowest BCUT2D eigenvalue weighted by atomic mass is 9.89. The molecule has 1 fully saturated rings. The van der Waals surface area contributed by atoms with Gasteiger partial charge in [-0.25, -0.2) is 9.59 Å². The normalized spacial score (nSPS) is 14.3. The van der Waals surface area contributed by atoms with Crippen molar-refractivity contribution >= 4 is 11.9 Å². The lowest BCUT2D eigenvalue weighted by molar-refractivity contribution is 0.0696. The molecule has 0 aliphatic heterocycles. The van der Waals surface area contributed by atoms with Crippen LogP contribution >= 0.6 is 0 Å². The predicted octanol–water partition coefficient (Wildman–Crippen LogP) is 5.02. The molecule has 3 aromatic rings. The Morgan fingerprint density at radius 1 is 1.03 bits per heavy atom. The van der Waals surface area contributed by atoms with Crippen LogP contribution in [-0.2, 0) is 13.0 Å². The number of carbonyl (C=O) groups is 2. The molecular formula is C27H31N3O4. The van der Waals surface area contributed by atoms with Crippen LogP contribution in [0.1, 0.15) is 78.4 Å². The quantitative estimate of drug-likeness (QED) is 0.508. The third-order valence-electron chi connectivity index (χ3n) is 6.62. The second-order valence-corrected chi connectivity index (χ2v) is 9.02. The Hall–Kier alpha value is -3.48. The van der Waals surface area contributed by atoms with Crippen molar-refractivity contribution in [3.05, 3.63) is 76.0 Å². The van der Waals surface area contributed by atoms with Crippen LogP contribution in [0.2, 0.25) is 0 Å². The Labute approximate surface area is 199 Å². The van der Waals surface area contributed by atoms with E-state index in [1.165, 1.54) is 0 Å². The van der Waals surface area contributed by atoms with E-state index in [-0.39, 0.29) is 23.1 Å². The molecule has 34 heavy (non-hydrogen) atoms. The predicted molar refractivity (Wildman–Crippen MR) is 130 cm³/mol. The van der Waals surface area contributed by atoms with Crippen LogP contribution in [0.5, 0.6) is 0 Å². The molecule has 7 nitrogen and oxygen atoms in total. The molecule has 0 atom stereocenters. The first-order valence-corrected chi connectivity index (χ1v) is 12.1. The molecule has 1 aliphatic carbocycles. The van der Waals surface area contributed by atoms with Gasteiger partial charge in [-0.3, -0.25) is 9.36 Å². The van der Waals surface area contributed by atoms with E-state index in [4.69, 9.17) is 0 Å². The first kappa shape index (κ1) is 23.7. The van der Waals surface area contributed by atoms with E-state index in [0.717, 1.165) is 60.8 Å². The number of nitrogens with zero attached hydrogens (tertiary/aromatic N) is 3. The van der Waals surface area contributed by atoms with Crippen molar-refractivity contribution < 1.29 is 14.7 Å². The van der Waals surface area contributed by atoms with E-state index in [1.807, 2.05) is 30.3 Å². The van der Waals surface area contributed by atoms with Gasteiger partial charge >= 0.3 is 11.7 Å². The van der Waals surface area contributed by atoms with Gasteiger partial charge < -0.3 is 5.11 Å². The third-order valence-corrected chi connectivity index (χ3v) is 6.62. The highest BCUT2D eigenvalue weighted by atomic mass is 16.4. The maximum Gasteiger partial charge on any atom is 0.353 e. The molecule has 0 amide bonds. The van der Waals surface area contributed by atoms with E-state index in [9.17, 15) is 19.5 Å². The number of rotatable bonds is 8. The van der Waals surface area contributed by atoms with Gasteiger partial charge in [0.05, 0.1) is 12.1 Å². The summed E-state index contributed by atoms with van der Waals surface area (Å²) in [5.41, 5.74) is 2.20. The Bertz CT molecular complexity index is 1220. The number of aryl methyl sites for hydroxylation is 1.